The van der Waals surface area contributed by atoms with E-state index >= 15 is 0 Å². The number of aliphatic hydroxyl groups is 1. The number of rotatable bonds is 4. The molecule has 0 aromatic heterocycles. The van der Waals surface area contributed by atoms with Gasteiger partial charge in [0.2, 0.25) is 10.0 Å². The third-order valence-electron chi connectivity index (χ3n) is 3.95. The highest BCUT2D eigenvalue weighted by Crippen LogP contribution is 2.33. The monoisotopic (exact) mass is 329 g/mol. The van der Waals surface area contributed by atoms with Gasteiger partial charge in [0.05, 0.1) is 15.9 Å². The number of benzene rings is 1. The van der Waals surface area contributed by atoms with E-state index in [1.807, 2.05) is 4.90 Å². The van der Waals surface area contributed by atoms with Crippen LogP contribution >= 0.6 is 0 Å². The minimum atomic E-state index is -3.99. The Hall–Kier alpha value is -1.71. The van der Waals surface area contributed by atoms with E-state index in [2.05, 4.69) is 0 Å². The normalized spacial score (nSPS) is 20.7. The number of primary sulfonamides is 1. The van der Waals surface area contributed by atoms with E-state index in [0.717, 1.165) is 18.9 Å². The summed E-state index contributed by atoms with van der Waals surface area (Å²) in [5, 5.41) is 26.0. The quantitative estimate of drug-likeness (QED) is 0.622. The smallest absolute Gasteiger partial charge is 0.293 e. The second-order valence-corrected chi connectivity index (χ2v) is 7.10. The summed E-state index contributed by atoms with van der Waals surface area (Å²) >= 11 is 0. The summed E-state index contributed by atoms with van der Waals surface area (Å²) in [6.07, 6.45) is 1.17. The molecule has 2 atom stereocenters. The summed E-state index contributed by atoms with van der Waals surface area (Å²) in [5.74, 6) is 0.0336. The van der Waals surface area contributed by atoms with Crippen LogP contribution in [0.1, 0.15) is 19.8 Å². The molecule has 1 saturated heterocycles. The Morgan fingerprint density at radius 1 is 1.50 bits per heavy atom. The van der Waals surface area contributed by atoms with E-state index in [-0.39, 0.29) is 16.5 Å². The lowest BCUT2D eigenvalue weighted by molar-refractivity contribution is -0.384. The molecular formula is C13H19N3O5S. The first-order chi connectivity index (χ1) is 10.2. The van der Waals surface area contributed by atoms with E-state index in [9.17, 15) is 23.6 Å². The Kier molecular flexibility index (Phi) is 4.69. The fourth-order valence-electron chi connectivity index (χ4n) is 2.72. The number of nitrogens with two attached hydrogens (primary N) is 1. The first kappa shape index (κ1) is 16.7. The maximum absolute atomic E-state index is 11.3. The van der Waals surface area contributed by atoms with Crippen molar-refractivity contribution in [2.24, 2.45) is 11.1 Å². The fraction of sp³-hybridized carbons (Fsp3) is 0.538. The Morgan fingerprint density at radius 3 is 2.73 bits per heavy atom. The molecule has 9 heteroatoms. The van der Waals surface area contributed by atoms with Crippen LogP contribution in [0.2, 0.25) is 0 Å². The molecule has 0 saturated carbocycles. The lowest BCUT2D eigenvalue weighted by atomic mass is 9.93. The van der Waals surface area contributed by atoms with Crippen molar-refractivity contribution >= 4 is 21.4 Å². The molecule has 1 aromatic carbocycles. The molecule has 0 bridgehead atoms. The fourth-order valence-corrected chi connectivity index (χ4v) is 3.25. The zero-order valence-electron chi connectivity index (χ0n) is 12.2. The van der Waals surface area contributed by atoms with Crippen LogP contribution in [0.25, 0.3) is 0 Å². The third-order valence-corrected chi connectivity index (χ3v) is 4.86. The summed E-state index contributed by atoms with van der Waals surface area (Å²) in [5.41, 5.74) is 0.0560. The summed E-state index contributed by atoms with van der Waals surface area (Å²) in [7, 11) is -3.99. The van der Waals surface area contributed by atoms with Crippen LogP contribution in [0.4, 0.5) is 11.4 Å². The van der Waals surface area contributed by atoms with Crippen molar-refractivity contribution in [3.63, 3.8) is 0 Å². The highest BCUT2D eigenvalue weighted by atomic mass is 32.2. The van der Waals surface area contributed by atoms with Gasteiger partial charge in [0, 0.05) is 25.1 Å². The molecule has 1 aliphatic heterocycles. The van der Waals surface area contributed by atoms with E-state index in [0.29, 0.717) is 18.8 Å². The predicted octanol–water partition coefficient (Wildman–Crippen LogP) is 0.839. The number of nitro groups is 1. The molecule has 1 heterocycles. The van der Waals surface area contributed by atoms with E-state index in [1.165, 1.54) is 12.1 Å². The predicted molar refractivity (Wildman–Crippen MR) is 81.1 cm³/mol. The molecule has 8 nitrogen and oxygen atoms in total. The van der Waals surface area contributed by atoms with E-state index in [4.69, 9.17) is 5.14 Å². The minimum absolute atomic E-state index is 0.0336. The summed E-state index contributed by atoms with van der Waals surface area (Å²) < 4.78 is 22.7. The molecule has 0 radical (unpaired) electrons. The average Bonchev–Trinajstić information content (AvgIpc) is 2.45. The number of hydrogen-bond acceptors (Lipinski definition) is 6. The summed E-state index contributed by atoms with van der Waals surface area (Å²) in [6.45, 7) is 2.82. The van der Waals surface area contributed by atoms with Gasteiger partial charge < -0.3 is 10.0 Å². The summed E-state index contributed by atoms with van der Waals surface area (Å²) in [4.78, 5) is 12.2. The molecule has 0 aliphatic carbocycles. The molecule has 1 aliphatic rings. The van der Waals surface area contributed by atoms with Crippen LogP contribution in [0.3, 0.4) is 0 Å². The Labute approximate surface area is 128 Å². The van der Waals surface area contributed by atoms with Crippen molar-refractivity contribution in [2.75, 3.05) is 18.0 Å². The van der Waals surface area contributed by atoms with Crippen molar-refractivity contribution in [2.45, 2.75) is 30.8 Å². The maximum Gasteiger partial charge on any atom is 0.293 e. The van der Waals surface area contributed by atoms with Gasteiger partial charge in [0.15, 0.2) is 0 Å². The van der Waals surface area contributed by atoms with Crippen LogP contribution in [-0.4, -0.2) is 37.6 Å². The van der Waals surface area contributed by atoms with Crippen molar-refractivity contribution in [3.05, 3.63) is 28.3 Å². The second-order valence-electron chi connectivity index (χ2n) is 5.54. The molecule has 2 unspecified atom stereocenters. The minimum Gasteiger partial charge on any atom is -0.393 e. The van der Waals surface area contributed by atoms with Crippen LogP contribution in [0.5, 0.6) is 0 Å². The zero-order chi connectivity index (χ0) is 16.5. The molecule has 1 fully saturated rings. The average molecular weight is 329 g/mol. The number of nitrogens with zero attached hydrogens (tertiary/aromatic N) is 2. The van der Waals surface area contributed by atoms with Gasteiger partial charge in [-0.3, -0.25) is 10.1 Å². The van der Waals surface area contributed by atoms with Gasteiger partial charge in [0.25, 0.3) is 5.69 Å². The van der Waals surface area contributed by atoms with Crippen molar-refractivity contribution < 1.29 is 18.4 Å². The zero-order valence-corrected chi connectivity index (χ0v) is 13.0. The van der Waals surface area contributed by atoms with Gasteiger partial charge in [-0.05, 0) is 31.9 Å². The lowest BCUT2D eigenvalue weighted by Gasteiger charge is -2.35. The number of anilines is 1. The standard InChI is InChI=1S/C13H19N3O5S/c1-9(17)10-3-2-6-15(8-10)12-5-4-11(22(14,20)21)7-13(12)16(18)19/h4-5,7,9-10,17H,2-3,6,8H2,1H3,(H2,14,20,21). The van der Waals surface area contributed by atoms with Gasteiger partial charge >= 0.3 is 0 Å². The molecule has 1 aromatic rings. The van der Waals surface area contributed by atoms with Gasteiger partial charge in [-0.1, -0.05) is 0 Å². The van der Waals surface area contributed by atoms with Crippen LogP contribution in [-0.2, 0) is 10.0 Å². The van der Waals surface area contributed by atoms with Gasteiger partial charge in [-0.2, -0.15) is 0 Å². The van der Waals surface area contributed by atoms with Crippen LogP contribution < -0.4 is 10.0 Å². The van der Waals surface area contributed by atoms with Gasteiger partial charge in [0.1, 0.15) is 5.69 Å². The third kappa shape index (κ3) is 3.54. The second kappa shape index (κ2) is 6.19. The van der Waals surface area contributed by atoms with Crippen LogP contribution in [0.15, 0.2) is 23.1 Å². The molecule has 2 rings (SSSR count). The molecular weight excluding hydrogens is 310 g/mol. The summed E-state index contributed by atoms with van der Waals surface area (Å²) in [6, 6.07) is 3.66. The SMILES string of the molecule is CC(O)C1CCCN(c2ccc(S(N)(=O)=O)cc2[N+](=O)[O-])C1. The topological polar surface area (TPSA) is 127 Å². The van der Waals surface area contributed by atoms with Gasteiger partial charge in [-0.25, -0.2) is 13.6 Å². The number of nitro benzene ring substituents is 1. The largest absolute Gasteiger partial charge is 0.393 e. The van der Waals surface area contributed by atoms with Crippen molar-refractivity contribution in [1.29, 1.82) is 0 Å². The Balaban J connectivity index is 2.40. The van der Waals surface area contributed by atoms with E-state index in [1.54, 1.807) is 6.92 Å². The molecule has 0 spiro atoms. The van der Waals surface area contributed by atoms with Crippen molar-refractivity contribution in [3.8, 4) is 0 Å². The van der Waals surface area contributed by atoms with Crippen LogP contribution in [0, 0.1) is 16.0 Å². The molecule has 22 heavy (non-hydrogen) atoms. The molecule has 0 amide bonds. The first-order valence-electron chi connectivity index (χ1n) is 6.94. The Morgan fingerprint density at radius 2 is 2.18 bits per heavy atom. The lowest BCUT2D eigenvalue weighted by Crippen LogP contribution is -2.39. The number of piperidine rings is 1. The number of hydrogen-bond donors (Lipinski definition) is 2. The van der Waals surface area contributed by atoms with E-state index < -0.39 is 21.1 Å². The molecule has 3 N–H and O–H groups in total. The molecule has 122 valence electrons. The number of aliphatic hydroxyl groups excluding tert-OH is 1. The van der Waals surface area contributed by atoms with Gasteiger partial charge in [-0.15, -0.1) is 0 Å². The highest BCUT2D eigenvalue weighted by Gasteiger charge is 2.28. The highest BCUT2D eigenvalue weighted by molar-refractivity contribution is 7.89. The first-order valence-corrected chi connectivity index (χ1v) is 8.49. The Bertz CT molecular complexity index is 674. The maximum atomic E-state index is 11.3. The number of sulfonamides is 1. The van der Waals surface area contributed by atoms with Crippen molar-refractivity contribution in [1.82, 2.24) is 0 Å².